The number of amides is 2. The van der Waals surface area contributed by atoms with Gasteiger partial charge in [0.25, 0.3) is 5.91 Å². The summed E-state index contributed by atoms with van der Waals surface area (Å²) >= 11 is 0. The summed E-state index contributed by atoms with van der Waals surface area (Å²) in [5, 5.41) is 3.20. The summed E-state index contributed by atoms with van der Waals surface area (Å²) in [5.41, 5.74) is 7.12. The van der Waals surface area contributed by atoms with Crippen molar-refractivity contribution in [2.24, 2.45) is 5.73 Å². The average Bonchev–Trinajstić information content (AvgIpc) is 2.78. The van der Waals surface area contributed by atoms with Crippen LogP contribution in [-0.4, -0.2) is 61.0 Å². The lowest BCUT2D eigenvalue weighted by Crippen LogP contribution is -2.42. The van der Waals surface area contributed by atoms with Crippen LogP contribution in [0.25, 0.3) is 0 Å². The van der Waals surface area contributed by atoms with Gasteiger partial charge in [0.2, 0.25) is 5.91 Å². The standard InChI is InChI=1S/C26H29F3N2O4S/c1-36(2,3)15-12-19-6-9-23(22(16-19)25(30)33)34-20-10-13-31(14-11-20)24(32)17-18-4-7-21(8-5-18)35-26(27,28)29/h4-9,16,20H,10-11,13-14,17H2,1-3H3,(H2,30,33). The van der Waals surface area contributed by atoms with Crippen molar-refractivity contribution in [3.05, 3.63) is 59.2 Å². The Morgan fingerprint density at radius 1 is 1.08 bits per heavy atom. The lowest BCUT2D eigenvalue weighted by atomic mass is 10.0. The highest BCUT2D eigenvalue weighted by atomic mass is 32.3. The van der Waals surface area contributed by atoms with Crippen molar-refractivity contribution in [3.8, 4) is 22.7 Å². The lowest BCUT2D eigenvalue weighted by Gasteiger charge is -2.32. The number of carbonyl (C=O) groups excluding carboxylic acids is 2. The molecule has 1 aliphatic heterocycles. The monoisotopic (exact) mass is 522 g/mol. The fraction of sp³-hybridized carbons (Fsp3) is 0.385. The highest BCUT2D eigenvalue weighted by Gasteiger charge is 2.31. The van der Waals surface area contributed by atoms with Gasteiger partial charge >= 0.3 is 6.36 Å². The van der Waals surface area contributed by atoms with E-state index in [-0.39, 0.29) is 29.7 Å². The molecule has 36 heavy (non-hydrogen) atoms. The maximum Gasteiger partial charge on any atom is 0.573 e. The second kappa shape index (κ2) is 11.2. The number of ether oxygens (including phenoxy) is 2. The van der Waals surface area contributed by atoms with Crippen LogP contribution in [0.3, 0.4) is 0 Å². The van der Waals surface area contributed by atoms with Crippen LogP contribution < -0.4 is 15.2 Å². The van der Waals surface area contributed by atoms with Gasteiger partial charge in [0.15, 0.2) is 0 Å². The number of nitrogens with zero attached hydrogens (tertiary/aromatic N) is 1. The minimum atomic E-state index is -4.76. The van der Waals surface area contributed by atoms with Gasteiger partial charge in [-0.25, -0.2) is 0 Å². The molecule has 2 aromatic rings. The molecule has 0 saturated carbocycles. The summed E-state index contributed by atoms with van der Waals surface area (Å²) in [7, 11) is -1.02. The van der Waals surface area contributed by atoms with Crippen LogP contribution in [0, 0.1) is 11.2 Å². The van der Waals surface area contributed by atoms with Crippen LogP contribution in [0.15, 0.2) is 42.5 Å². The van der Waals surface area contributed by atoms with Crippen molar-refractivity contribution in [2.75, 3.05) is 31.9 Å². The number of hydrogen-bond donors (Lipinski definition) is 1. The zero-order chi connectivity index (χ0) is 26.5. The van der Waals surface area contributed by atoms with Gasteiger partial charge in [-0.2, -0.15) is 10.0 Å². The van der Waals surface area contributed by atoms with Gasteiger partial charge in [-0.3, -0.25) is 9.59 Å². The van der Waals surface area contributed by atoms with E-state index in [0.29, 0.717) is 42.8 Å². The predicted molar refractivity (Wildman–Crippen MR) is 134 cm³/mol. The Balaban J connectivity index is 1.56. The molecule has 2 N–H and O–H groups in total. The first-order valence-electron chi connectivity index (χ1n) is 11.2. The van der Waals surface area contributed by atoms with Crippen LogP contribution in [0.5, 0.6) is 11.5 Å². The molecule has 1 fully saturated rings. The van der Waals surface area contributed by atoms with Gasteiger partial charge in [-0.15, -0.1) is 13.2 Å². The first-order chi connectivity index (χ1) is 16.8. The second-order valence-electron chi connectivity index (χ2n) is 9.21. The van der Waals surface area contributed by atoms with Crippen LogP contribution in [-0.2, 0) is 11.2 Å². The molecule has 10 heteroatoms. The first kappa shape index (κ1) is 27.3. The average molecular weight is 523 g/mol. The zero-order valence-corrected chi connectivity index (χ0v) is 21.2. The lowest BCUT2D eigenvalue weighted by molar-refractivity contribution is -0.274. The van der Waals surface area contributed by atoms with Crippen LogP contribution >= 0.6 is 10.0 Å². The Bertz CT molecular complexity index is 1160. The quantitative estimate of drug-likeness (QED) is 0.574. The fourth-order valence-corrected chi connectivity index (χ4v) is 4.04. The maximum atomic E-state index is 12.7. The predicted octanol–water partition coefficient (Wildman–Crippen LogP) is 4.30. The minimum absolute atomic E-state index is 0.0718. The van der Waals surface area contributed by atoms with Crippen molar-refractivity contribution in [3.63, 3.8) is 0 Å². The van der Waals surface area contributed by atoms with Crippen LogP contribution in [0.2, 0.25) is 0 Å². The molecule has 0 unspecified atom stereocenters. The largest absolute Gasteiger partial charge is 0.573 e. The van der Waals surface area contributed by atoms with E-state index in [1.165, 1.54) is 24.3 Å². The topological polar surface area (TPSA) is 81.9 Å². The third-order valence-electron chi connectivity index (χ3n) is 5.35. The molecule has 0 aliphatic carbocycles. The Morgan fingerprint density at radius 3 is 2.28 bits per heavy atom. The van der Waals surface area contributed by atoms with E-state index in [0.717, 1.165) is 0 Å². The molecule has 0 aromatic heterocycles. The van der Waals surface area contributed by atoms with Crippen molar-refractivity contribution >= 4 is 21.8 Å². The molecule has 194 valence electrons. The summed E-state index contributed by atoms with van der Waals surface area (Å²) in [6, 6.07) is 10.4. The molecule has 1 saturated heterocycles. The Hall–Kier alpha value is -3.32. The minimum Gasteiger partial charge on any atom is -0.489 e. The van der Waals surface area contributed by atoms with E-state index in [1.807, 2.05) is 0 Å². The van der Waals surface area contributed by atoms with E-state index in [2.05, 4.69) is 34.7 Å². The van der Waals surface area contributed by atoms with Crippen molar-refractivity contribution < 1.29 is 32.2 Å². The maximum absolute atomic E-state index is 12.7. The number of alkyl halides is 3. The summed E-state index contributed by atoms with van der Waals surface area (Å²) in [6.45, 7) is 0.922. The number of nitrogens with two attached hydrogens (primary N) is 1. The third kappa shape index (κ3) is 8.41. The Morgan fingerprint density at radius 2 is 1.72 bits per heavy atom. The molecule has 3 rings (SSSR count). The third-order valence-corrected chi connectivity index (χ3v) is 6.06. The fourth-order valence-electron chi connectivity index (χ4n) is 3.61. The van der Waals surface area contributed by atoms with E-state index in [9.17, 15) is 22.8 Å². The smallest absolute Gasteiger partial charge is 0.489 e. The van der Waals surface area contributed by atoms with E-state index in [1.54, 1.807) is 23.1 Å². The van der Waals surface area contributed by atoms with Crippen molar-refractivity contribution in [1.82, 2.24) is 4.90 Å². The Labute approximate surface area is 210 Å². The van der Waals surface area contributed by atoms with Gasteiger partial charge in [-0.05, 0) is 59.9 Å². The van der Waals surface area contributed by atoms with Crippen LogP contribution in [0.4, 0.5) is 13.2 Å². The zero-order valence-electron chi connectivity index (χ0n) is 20.4. The highest BCUT2D eigenvalue weighted by Crippen LogP contribution is 2.32. The number of carbonyl (C=O) groups is 2. The molecule has 1 aliphatic rings. The highest BCUT2D eigenvalue weighted by molar-refractivity contribution is 8.35. The Kier molecular flexibility index (Phi) is 8.46. The number of likely N-dealkylation sites (tertiary alicyclic amines) is 1. The SMILES string of the molecule is CS(C)(C)C#Cc1ccc(OC2CCN(C(=O)Cc3ccc(OC(F)(F)F)cc3)CC2)c(C(N)=O)c1. The normalized spacial score (nSPS) is 15.0. The van der Waals surface area contributed by atoms with E-state index in [4.69, 9.17) is 10.5 Å². The molecule has 0 atom stereocenters. The molecule has 0 bridgehead atoms. The van der Waals surface area contributed by atoms with Crippen molar-refractivity contribution in [1.29, 1.82) is 0 Å². The number of halogens is 3. The van der Waals surface area contributed by atoms with Gasteiger partial charge in [-0.1, -0.05) is 18.1 Å². The summed E-state index contributed by atoms with van der Waals surface area (Å²) in [6.07, 6.45) is 2.48. The van der Waals surface area contributed by atoms with Crippen LogP contribution in [0.1, 0.15) is 34.3 Å². The van der Waals surface area contributed by atoms with E-state index < -0.39 is 22.3 Å². The first-order valence-corrected chi connectivity index (χ1v) is 14.1. The summed E-state index contributed by atoms with van der Waals surface area (Å²) in [5.74, 6) is 2.42. The van der Waals surface area contributed by atoms with Gasteiger partial charge in [0, 0.05) is 31.5 Å². The molecule has 2 aromatic carbocycles. The molecular formula is C26H29F3N2O4S. The van der Waals surface area contributed by atoms with Crippen molar-refractivity contribution in [2.45, 2.75) is 31.7 Å². The number of benzene rings is 2. The molecular weight excluding hydrogens is 493 g/mol. The second-order valence-corrected chi connectivity index (χ2v) is 13.1. The van der Waals surface area contributed by atoms with E-state index >= 15 is 0 Å². The van der Waals surface area contributed by atoms with Gasteiger partial charge in [0.05, 0.1) is 12.0 Å². The number of hydrogen-bond acceptors (Lipinski definition) is 4. The molecule has 2 amide bonds. The van der Waals surface area contributed by atoms with Gasteiger partial charge in [0.1, 0.15) is 17.6 Å². The molecule has 0 radical (unpaired) electrons. The number of primary amides is 1. The molecule has 1 heterocycles. The number of piperidine rings is 1. The number of rotatable bonds is 6. The summed E-state index contributed by atoms with van der Waals surface area (Å²) < 4.78 is 46.8. The van der Waals surface area contributed by atoms with Gasteiger partial charge < -0.3 is 20.1 Å². The summed E-state index contributed by atoms with van der Waals surface area (Å²) in [4.78, 5) is 26.4. The molecule has 0 spiro atoms. The molecule has 6 nitrogen and oxygen atoms in total.